The number of hydrogen-bond donors (Lipinski definition) is 0. The minimum atomic E-state index is 0.0616. The van der Waals surface area contributed by atoms with Gasteiger partial charge >= 0.3 is 0 Å². The van der Waals surface area contributed by atoms with Gasteiger partial charge in [0.2, 0.25) is 0 Å². The fourth-order valence-corrected chi connectivity index (χ4v) is 3.53. The van der Waals surface area contributed by atoms with E-state index in [1.807, 2.05) is 54.4 Å². The van der Waals surface area contributed by atoms with Crippen LogP contribution in [0.1, 0.15) is 16.1 Å². The van der Waals surface area contributed by atoms with Crippen molar-refractivity contribution in [3.05, 3.63) is 78.0 Å². The molecule has 1 fully saturated rings. The first kappa shape index (κ1) is 17.5. The first-order chi connectivity index (χ1) is 13.2. The average molecular weight is 360 g/mol. The highest BCUT2D eigenvalue weighted by atomic mass is 16.2. The SMILES string of the molecule is Cn1nc(-c2ccccc2)cc1C(=O)N1CCN(Cc2ccccc2)CC1. The molecule has 3 aromatic rings. The molecule has 0 radical (unpaired) electrons. The van der Waals surface area contributed by atoms with Gasteiger partial charge < -0.3 is 4.90 Å². The molecule has 4 rings (SSSR count). The second-order valence-corrected chi connectivity index (χ2v) is 6.96. The lowest BCUT2D eigenvalue weighted by molar-refractivity contribution is 0.0618. The molecule has 1 aliphatic rings. The number of hydrogen-bond acceptors (Lipinski definition) is 3. The molecule has 2 heterocycles. The zero-order chi connectivity index (χ0) is 18.6. The fourth-order valence-electron chi connectivity index (χ4n) is 3.53. The molecule has 0 unspecified atom stereocenters. The van der Waals surface area contributed by atoms with E-state index in [0.29, 0.717) is 5.69 Å². The second-order valence-electron chi connectivity index (χ2n) is 6.96. The molecule has 27 heavy (non-hydrogen) atoms. The van der Waals surface area contributed by atoms with Gasteiger partial charge in [0.1, 0.15) is 5.69 Å². The molecule has 1 aromatic heterocycles. The first-order valence-electron chi connectivity index (χ1n) is 9.36. The van der Waals surface area contributed by atoms with Gasteiger partial charge in [-0.2, -0.15) is 5.10 Å². The monoisotopic (exact) mass is 360 g/mol. The normalized spacial score (nSPS) is 15.1. The van der Waals surface area contributed by atoms with Crippen molar-refractivity contribution < 1.29 is 4.79 Å². The number of rotatable bonds is 4. The van der Waals surface area contributed by atoms with Crippen molar-refractivity contribution in [2.75, 3.05) is 26.2 Å². The Bertz CT molecular complexity index is 897. The molecular weight excluding hydrogens is 336 g/mol. The average Bonchev–Trinajstić information content (AvgIpc) is 3.11. The third kappa shape index (κ3) is 3.93. The molecule has 1 aliphatic heterocycles. The molecule has 1 saturated heterocycles. The van der Waals surface area contributed by atoms with E-state index >= 15 is 0 Å². The van der Waals surface area contributed by atoms with Crippen LogP contribution in [0.4, 0.5) is 0 Å². The molecule has 5 heteroatoms. The topological polar surface area (TPSA) is 41.4 Å². The third-order valence-electron chi connectivity index (χ3n) is 5.08. The van der Waals surface area contributed by atoms with Crippen molar-refractivity contribution >= 4 is 5.91 Å². The van der Waals surface area contributed by atoms with Gasteiger partial charge in [-0.1, -0.05) is 60.7 Å². The molecule has 0 N–H and O–H groups in total. The molecule has 0 aliphatic carbocycles. The lowest BCUT2D eigenvalue weighted by Crippen LogP contribution is -2.48. The Morgan fingerprint density at radius 2 is 1.56 bits per heavy atom. The Morgan fingerprint density at radius 3 is 2.22 bits per heavy atom. The van der Waals surface area contributed by atoms with E-state index < -0.39 is 0 Å². The predicted molar refractivity (Wildman–Crippen MR) is 106 cm³/mol. The van der Waals surface area contributed by atoms with E-state index in [2.05, 4.69) is 34.3 Å². The van der Waals surface area contributed by atoms with Crippen molar-refractivity contribution in [1.29, 1.82) is 0 Å². The lowest BCUT2D eigenvalue weighted by Gasteiger charge is -2.34. The highest BCUT2D eigenvalue weighted by Gasteiger charge is 2.24. The summed E-state index contributed by atoms with van der Waals surface area (Å²) in [5.74, 6) is 0.0616. The number of carbonyl (C=O) groups excluding carboxylic acids is 1. The number of nitrogens with zero attached hydrogens (tertiary/aromatic N) is 4. The standard InChI is InChI=1S/C22H24N4O/c1-24-21(16-20(23-24)19-10-6-3-7-11-19)22(27)26-14-12-25(13-15-26)17-18-8-4-2-5-9-18/h2-11,16H,12-15,17H2,1H3. The summed E-state index contributed by atoms with van der Waals surface area (Å²) in [4.78, 5) is 17.3. The summed E-state index contributed by atoms with van der Waals surface area (Å²) in [6, 6.07) is 22.4. The molecule has 1 amide bonds. The van der Waals surface area contributed by atoms with E-state index in [1.54, 1.807) is 4.68 Å². The van der Waals surface area contributed by atoms with Crippen molar-refractivity contribution in [2.45, 2.75) is 6.54 Å². The quantitative estimate of drug-likeness (QED) is 0.718. The Labute approximate surface area is 159 Å². The maximum atomic E-state index is 13.0. The van der Waals surface area contributed by atoms with Crippen LogP contribution < -0.4 is 0 Å². The smallest absolute Gasteiger partial charge is 0.272 e. The number of aryl methyl sites for hydroxylation is 1. The largest absolute Gasteiger partial charge is 0.335 e. The van der Waals surface area contributed by atoms with Crippen LogP contribution in [-0.2, 0) is 13.6 Å². The van der Waals surface area contributed by atoms with Crippen molar-refractivity contribution in [2.24, 2.45) is 7.05 Å². The van der Waals surface area contributed by atoms with E-state index in [0.717, 1.165) is 44.0 Å². The van der Waals surface area contributed by atoms with E-state index in [4.69, 9.17) is 0 Å². The highest BCUT2D eigenvalue weighted by Crippen LogP contribution is 2.20. The highest BCUT2D eigenvalue weighted by molar-refractivity contribution is 5.93. The predicted octanol–water partition coefficient (Wildman–Crippen LogP) is 3.05. The van der Waals surface area contributed by atoms with Crippen LogP contribution in [0.15, 0.2) is 66.7 Å². The molecular formula is C22H24N4O. The Kier molecular flexibility index (Phi) is 5.03. The number of aromatic nitrogens is 2. The van der Waals surface area contributed by atoms with Gasteiger partial charge in [0, 0.05) is 45.3 Å². The van der Waals surface area contributed by atoms with Crippen molar-refractivity contribution in [3.8, 4) is 11.3 Å². The van der Waals surface area contributed by atoms with Gasteiger partial charge in [-0.15, -0.1) is 0 Å². The zero-order valence-corrected chi connectivity index (χ0v) is 15.6. The van der Waals surface area contributed by atoms with Crippen LogP contribution in [0.3, 0.4) is 0 Å². The van der Waals surface area contributed by atoms with E-state index in [1.165, 1.54) is 5.56 Å². The molecule has 0 spiro atoms. The van der Waals surface area contributed by atoms with Gasteiger partial charge in [0.15, 0.2) is 0 Å². The maximum absolute atomic E-state index is 13.0. The van der Waals surface area contributed by atoms with Crippen LogP contribution >= 0.6 is 0 Å². The summed E-state index contributed by atoms with van der Waals surface area (Å²) in [5.41, 5.74) is 3.82. The Morgan fingerprint density at radius 1 is 0.926 bits per heavy atom. The number of carbonyl (C=O) groups is 1. The first-order valence-corrected chi connectivity index (χ1v) is 9.36. The summed E-state index contributed by atoms with van der Waals surface area (Å²) in [7, 11) is 1.84. The van der Waals surface area contributed by atoms with E-state index in [9.17, 15) is 4.79 Å². The molecule has 0 saturated carbocycles. The molecule has 0 bridgehead atoms. The number of amides is 1. The van der Waals surface area contributed by atoms with Gasteiger partial charge in [0.25, 0.3) is 5.91 Å². The van der Waals surface area contributed by atoms with Crippen LogP contribution in [-0.4, -0.2) is 51.7 Å². The number of benzene rings is 2. The minimum Gasteiger partial charge on any atom is -0.335 e. The third-order valence-corrected chi connectivity index (χ3v) is 5.08. The summed E-state index contributed by atoms with van der Waals surface area (Å²) in [6.45, 7) is 4.22. The summed E-state index contributed by atoms with van der Waals surface area (Å²) in [5, 5.41) is 4.53. The van der Waals surface area contributed by atoms with Gasteiger partial charge in [-0.3, -0.25) is 14.4 Å². The fraction of sp³-hybridized carbons (Fsp3) is 0.273. The summed E-state index contributed by atoms with van der Waals surface area (Å²) < 4.78 is 1.70. The van der Waals surface area contributed by atoms with Crippen LogP contribution in [0.25, 0.3) is 11.3 Å². The van der Waals surface area contributed by atoms with Crippen LogP contribution in [0.2, 0.25) is 0 Å². The molecule has 0 atom stereocenters. The Balaban J connectivity index is 1.40. The second kappa shape index (κ2) is 7.76. The van der Waals surface area contributed by atoms with E-state index in [-0.39, 0.29) is 5.91 Å². The molecule has 138 valence electrons. The number of piperazine rings is 1. The lowest BCUT2D eigenvalue weighted by atomic mass is 10.1. The Hall–Kier alpha value is -2.92. The molecule has 2 aromatic carbocycles. The van der Waals surface area contributed by atoms with Gasteiger partial charge in [-0.05, 0) is 11.6 Å². The zero-order valence-electron chi connectivity index (χ0n) is 15.6. The summed E-state index contributed by atoms with van der Waals surface area (Å²) in [6.07, 6.45) is 0. The van der Waals surface area contributed by atoms with Gasteiger partial charge in [0.05, 0.1) is 5.69 Å². The van der Waals surface area contributed by atoms with Crippen molar-refractivity contribution in [1.82, 2.24) is 19.6 Å². The van der Waals surface area contributed by atoms with Crippen LogP contribution in [0.5, 0.6) is 0 Å². The minimum absolute atomic E-state index is 0.0616. The van der Waals surface area contributed by atoms with Crippen molar-refractivity contribution in [3.63, 3.8) is 0 Å². The van der Waals surface area contributed by atoms with Gasteiger partial charge in [-0.25, -0.2) is 0 Å². The molecule has 5 nitrogen and oxygen atoms in total. The summed E-state index contributed by atoms with van der Waals surface area (Å²) >= 11 is 0. The van der Waals surface area contributed by atoms with Crippen LogP contribution in [0, 0.1) is 0 Å². The maximum Gasteiger partial charge on any atom is 0.272 e.